The lowest BCUT2D eigenvalue weighted by Gasteiger charge is -2.17. The summed E-state index contributed by atoms with van der Waals surface area (Å²) in [5.74, 6) is 0. The number of rotatable bonds is 5. The third kappa shape index (κ3) is 4.22. The molecule has 0 unspecified atom stereocenters. The van der Waals surface area contributed by atoms with Gasteiger partial charge in [0.25, 0.3) is 0 Å². The number of unbranched alkanes of at least 4 members (excludes halogenated alkanes) is 1. The second-order valence-corrected chi connectivity index (χ2v) is 6.49. The van der Waals surface area contributed by atoms with E-state index in [1.807, 2.05) is 0 Å². The van der Waals surface area contributed by atoms with Gasteiger partial charge in [0.1, 0.15) is 0 Å². The van der Waals surface area contributed by atoms with Gasteiger partial charge >= 0.3 is 0 Å². The third-order valence-corrected chi connectivity index (χ3v) is 4.27. The van der Waals surface area contributed by atoms with Crippen LogP contribution >= 0.6 is 0 Å². The van der Waals surface area contributed by atoms with E-state index in [1.54, 1.807) is 0 Å². The second-order valence-electron chi connectivity index (χ2n) is 6.49. The number of nitrogens with zero attached hydrogens (tertiary/aromatic N) is 2. The van der Waals surface area contributed by atoms with Gasteiger partial charge in [-0.05, 0) is 73.2 Å². The van der Waals surface area contributed by atoms with Crippen molar-refractivity contribution in [2.75, 3.05) is 19.0 Å². The highest BCUT2D eigenvalue weighted by Gasteiger charge is 2.12. The van der Waals surface area contributed by atoms with Crippen molar-refractivity contribution >= 4 is 17.1 Å². The van der Waals surface area contributed by atoms with E-state index >= 15 is 0 Å². The summed E-state index contributed by atoms with van der Waals surface area (Å²) >= 11 is 0. The Kier molecular flexibility index (Phi) is 5.59. The van der Waals surface area contributed by atoms with Gasteiger partial charge < -0.3 is 4.90 Å². The Morgan fingerprint density at radius 1 is 1.13 bits per heavy atom. The smallest absolute Gasteiger partial charge is 0.0706 e. The molecule has 2 nitrogen and oxygen atoms in total. The fourth-order valence-electron chi connectivity index (χ4n) is 2.71. The van der Waals surface area contributed by atoms with Crippen molar-refractivity contribution in [2.45, 2.75) is 40.0 Å². The highest BCUT2D eigenvalue weighted by atomic mass is 15.1. The van der Waals surface area contributed by atoms with Crippen LogP contribution in [0.4, 0.5) is 11.4 Å². The lowest BCUT2D eigenvalue weighted by atomic mass is 9.91. The number of hydrogen-bond donors (Lipinski definition) is 0. The van der Waals surface area contributed by atoms with E-state index < -0.39 is 0 Å². The zero-order valence-electron chi connectivity index (χ0n) is 15.1. The quantitative estimate of drug-likeness (QED) is 0.674. The van der Waals surface area contributed by atoms with Crippen molar-refractivity contribution in [1.29, 1.82) is 0 Å². The van der Waals surface area contributed by atoms with Gasteiger partial charge in [-0.25, -0.2) is 4.99 Å². The Hall–Kier alpha value is -2.09. The zero-order valence-corrected chi connectivity index (χ0v) is 15.1. The number of benzene rings is 1. The molecule has 1 aliphatic rings. The van der Waals surface area contributed by atoms with Crippen molar-refractivity contribution in [3.63, 3.8) is 0 Å². The average Bonchev–Trinajstić information content (AvgIpc) is 2.50. The molecule has 0 amide bonds. The van der Waals surface area contributed by atoms with Crippen LogP contribution in [0.1, 0.15) is 38.7 Å². The molecular formula is C21H28N2. The molecule has 0 aromatic heterocycles. The Balaban J connectivity index is 2.34. The van der Waals surface area contributed by atoms with Gasteiger partial charge in [-0.1, -0.05) is 26.0 Å². The van der Waals surface area contributed by atoms with Crippen molar-refractivity contribution in [3.8, 4) is 0 Å². The van der Waals surface area contributed by atoms with Crippen LogP contribution in [-0.2, 0) is 0 Å². The van der Waals surface area contributed by atoms with E-state index in [-0.39, 0.29) is 0 Å². The molecule has 0 saturated heterocycles. The Morgan fingerprint density at radius 2 is 1.87 bits per heavy atom. The lowest BCUT2D eigenvalue weighted by Crippen LogP contribution is -2.08. The minimum Gasteiger partial charge on any atom is -0.378 e. The van der Waals surface area contributed by atoms with Gasteiger partial charge in [-0.3, -0.25) is 0 Å². The maximum absolute atomic E-state index is 4.87. The fourth-order valence-corrected chi connectivity index (χ4v) is 2.71. The Morgan fingerprint density at radius 3 is 2.48 bits per heavy atom. The van der Waals surface area contributed by atoms with E-state index in [0.717, 1.165) is 23.4 Å². The first-order valence-corrected chi connectivity index (χ1v) is 8.37. The summed E-state index contributed by atoms with van der Waals surface area (Å²) in [4.78, 5) is 6.98. The molecule has 1 aromatic carbocycles. The van der Waals surface area contributed by atoms with Gasteiger partial charge in [0, 0.05) is 19.8 Å². The van der Waals surface area contributed by atoms with E-state index in [2.05, 4.69) is 76.7 Å². The van der Waals surface area contributed by atoms with Crippen molar-refractivity contribution in [1.82, 2.24) is 0 Å². The normalized spacial score (nSPS) is 16.4. The number of hydrogen-bond acceptors (Lipinski definition) is 2. The molecule has 0 aliphatic heterocycles. The molecule has 1 aromatic rings. The third-order valence-electron chi connectivity index (χ3n) is 4.27. The standard InChI is InChI=1S/C21H28N2/c1-7-8-9-18-14-21(16(3)12-15(18)2)22-20-11-10-19(23(5)6)13-17(20)4/h10-14H,3,7-9H2,1-2,4-6H3. The molecule has 0 N–H and O–H groups in total. The molecule has 0 atom stereocenters. The second kappa shape index (κ2) is 7.45. The minimum absolute atomic E-state index is 0.988. The first-order valence-electron chi connectivity index (χ1n) is 8.37. The summed E-state index contributed by atoms with van der Waals surface area (Å²) in [5.41, 5.74) is 8.10. The molecule has 122 valence electrons. The molecule has 2 rings (SSSR count). The molecule has 2 heteroatoms. The van der Waals surface area contributed by atoms with Crippen molar-refractivity contribution in [3.05, 3.63) is 59.2 Å². The van der Waals surface area contributed by atoms with E-state index in [0.29, 0.717) is 0 Å². The van der Waals surface area contributed by atoms with Crippen LogP contribution in [0, 0.1) is 6.92 Å². The highest BCUT2D eigenvalue weighted by molar-refractivity contribution is 6.13. The largest absolute Gasteiger partial charge is 0.378 e. The maximum Gasteiger partial charge on any atom is 0.0706 e. The van der Waals surface area contributed by atoms with E-state index in [9.17, 15) is 0 Å². The monoisotopic (exact) mass is 308 g/mol. The molecule has 0 radical (unpaired) electrons. The van der Waals surface area contributed by atoms with Crippen LogP contribution in [0.25, 0.3) is 0 Å². The topological polar surface area (TPSA) is 15.6 Å². The van der Waals surface area contributed by atoms with Crippen molar-refractivity contribution < 1.29 is 0 Å². The predicted molar refractivity (Wildman–Crippen MR) is 103 cm³/mol. The van der Waals surface area contributed by atoms with E-state index in [4.69, 9.17) is 4.99 Å². The SMILES string of the molecule is C=C1C=C(C)C(CCCC)=CC1=Nc1ccc(N(C)C)cc1C. The first kappa shape index (κ1) is 17.3. The van der Waals surface area contributed by atoms with Crippen LogP contribution in [0.3, 0.4) is 0 Å². The Labute approximate surface area is 140 Å². The Bertz CT molecular complexity index is 688. The molecule has 0 spiro atoms. The molecular weight excluding hydrogens is 280 g/mol. The molecule has 0 heterocycles. The molecule has 0 bridgehead atoms. The summed E-state index contributed by atoms with van der Waals surface area (Å²) in [6.07, 6.45) is 7.92. The number of allylic oxidation sites excluding steroid dienone is 5. The number of aryl methyl sites for hydroxylation is 1. The van der Waals surface area contributed by atoms with Crippen LogP contribution in [0.5, 0.6) is 0 Å². The highest BCUT2D eigenvalue weighted by Crippen LogP contribution is 2.28. The summed E-state index contributed by atoms with van der Waals surface area (Å²) in [7, 11) is 4.11. The van der Waals surface area contributed by atoms with Gasteiger partial charge in [-0.15, -0.1) is 0 Å². The lowest BCUT2D eigenvalue weighted by molar-refractivity contribution is 0.791. The summed E-state index contributed by atoms with van der Waals surface area (Å²) in [6.45, 7) is 10.7. The van der Waals surface area contributed by atoms with Gasteiger partial charge in [0.05, 0.1) is 11.4 Å². The van der Waals surface area contributed by atoms with Crippen molar-refractivity contribution in [2.24, 2.45) is 4.99 Å². The summed E-state index contributed by atoms with van der Waals surface area (Å²) in [5, 5.41) is 0. The van der Waals surface area contributed by atoms with Crippen LogP contribution < -0.4 is 4.90 Å². The molecule has 1 aliphatic carbocycles. The minimum atomic E-state index is 0.988. The predicted octanol–water partition coefficient (Wildman–Crippen LogP) is 5.77. The van der Waals surface area contributed by atoms with Gasteiger partial charge in [0.15, 0.2) is 0 Å². The van der Waals surface area contributed by atoms with Crippen LogP contribution in [-0.4, -0.2) is 19.8 Å². The van der Waals surface area contributed by atoms with Crippen LogP contribution in [0.15, 0.2) is 58.6 Å². The molecule has 23 heavy (non-hydrogen) atoms. The number of anilines is 1. The average molecular weight is 308 g/mol. The zero-order chi connectivity index (χ0) is 17.0. The first-order chi connectivity index (χ1) is 10.9. The fraction of sp³-hybridized carbons (Fsp3) is 0.381. The van der Waals surface area contributed by atoms with Gasteiger partial charge in [-0.2, -0.15) is 0 Å². The summed E-state index contributed by atoms with van der Waals surface area (Å²) in [6, 6.07) is 6.38. The molecule has 0 fully saturated rings. The maximum atomic E-state index is 4.87. The van der Waals surface area contributed by atoms with Crippen LogP contribution in [0.2, 0.25) is 0 Å². The summed E-state index contributed by atoms with van der Waals surface area (Å²) < 4.78 is 0. The number of aliphatic imine (C=N–C) groups is 1. The van der Waals surface area contributed by atoms with E-state index in [1.165, 1.54) is 35.2 Å². The molecule has 0 saturated carbocycles. The van der Waals surface area contributed by atoms with Gasteiger partial charge in [0.2, 0.25) is 0 Å².